The lowest BCUT2D eigenvalue weighted by atomic mass is 9.97. The lowest BCUT2D eigenvalue weighted by Gasteiger charge is -2.14. The summed E-state index contributed by atoms with van der Waals surface area (Å²) in [5.74, 6) is 0.238. The van der Waals surface area contributed by atoms with Crippen LogP contribution < -0.4 is 20.3 Å². The van der Waals surface area contributed by atoms with Crippen molar-refractivity contribution in [3.05, 3.63) is 71.3 Å². The highest BCUT2D eigenvalue weighted by atomic mass is 16.5. The average molecular weight is 406 g/mol. The summed E-state index contributed by atoms with van der Waals surface area (Å²) in [6.45, 7) is 5.53. The topological polar surface area (TPSA) is 76.7 Å². The summed E-state index contributed by atoms with van der Waals surface area (Å²) in [5, 5.41) is 2.04. The van der Waals surface area contributed by atoms with Crippen molar-refractivity contribution in [3.63, 3.8) is 0 Å². The van der Waals surface area contributed by atoms with E-state index in [0.29, 0.717) is 5.75 Å². The zero-order valence-electron chi connectivity index (χ0n) is 17.6. The van der Waals surface area contributed by atoms with Crippen LogP contribution in [0.5, 0.6) is 11.5 Å². The van der Waals surface area contributed by atoms with E-state index in [2.05, 4.69) is 10.9 Å². The molecule has 0 aromatic heterocycles. The molecule has 0 aliphatic heterocycles. The van der Waals surface area contributed by atoms with Gasteiger partial charge in [-0.15, -0.1) is 0 Å². The second-order valence-electron chi connectivity index (χ2n) is 7.34. The number of hydrogen-bond donors (Lipinski definition) is 2. The number of nitrogens with one attached hydrogen (secondary N) is 2. The molecule has 2 amide bonds. The summed E-state index contributed by atoms with van der Waals surface area (Å²) < 4.78 is 10.7. The fraction of sp³-hybridized carbons (Fsp3) is 0.250. The van der Waals surface area contributed by atoms with Gasteiger partial charge in [0.15, 0.2) is 6.61 Å². The van der Waals surface area contributed by atoms with E-state index in [1.807, 2.05) is 68.4 Å². The molecule has 0 unspecified atom stereocenters. The minimum atomic E-state index is -0.433. The maximum absolute atomic E-state index is 12.5. The Morgan fingerprint density at radius 1 is 0.867 bits per heavy atom. The minimum Gasteiger partial charge on any atom is -0.497 e. The molecule has 0 fully saturated rings. The molecule has 6 heteroatoms. The van der Waals surface area contributed by atoms with Gasteiger partial charge in [0, 0.05) is 0 Å². The van der Waals surface area contributed by atoms with Gasteiger partial charge in [0.2, 0.25) is 5.91 Å². The van der Waals surface area contributed by atoms with Crippen LogP contribution in [0.3, 0.4) is 0 Å². The summed E-state index contributed by atoms with van der Waals surface area (Å²) in [6.07, 6.45) is 0. The maximum atomic E-state index is 12.5. The maximum Gasteiger partial charge on any atom is 0.276 e. The van der Waals surface area contributed by atoms with E-state index < -0.39 is 11.8 Å². The van der Waals surface area contributed by atoms with E-state index in [9.17, 15) is 9.59 Å². The standard InChI is InChI=1S/C24H26N2O4/c1-15-9-16(2)11-22(10-15)30-14-23(27)25-26-24(28)17(3)18-5-6-20-13-21(29-4)8-7-19(20)12-18/h5-13,17H,14H2,1-4H3,(H,25,27)(H,26,28)/t17-/m0/s1. The lowest BCUT2D eigenvalue weighted by molar-refractivity contribution is -0.130. The molecule has 0 spiro atoms. The Morgan fingerprint density at radius 3 is 2.23 bits per heavy atom. The average Bonchev–Trinajstić information content (AvgIpc) is 2.74. The number of amides is 2. The molecule has 6 nitrogen and oxygen atoms in total. The van der Waals surface area contributed by atoms with E-state index in [0.717, 1.165) is 33.2 Å². The Labute approximate surface area is 176 Å². The van der Waals surface area contributed by atoms with Crippen LogP contribution in [-0.4, -0.2) is 25.5 Å². The quantitative estimate of drug-likeness (QED) is 0.611. The van der Waals surface area contributed by atoms with Crippen molar-refractivity contribution >= 4 is 22.6 Å². The number of aryl methyl sites for hydroxylation is 2. The summed E-state index contributed by atoms with van der Waals surface area (Å²) in [6, 6.07) is 17.3. The van der Waals surface area contributed by atoms with Crippen molar-refractivity contribution in [1.29, 1.82) is 0 Å². The number of rotatable bonds is 6. The number of benzene rings is 3. The van der Waals surface area contributed by atoms with Gasteiger partial charge in [-0.1, -0.05) is 30.3 Å². The van der Waals surface area contributed by atoms with Gasteiger partial charge < -0.3 is 9.47 Å². The van der Waals surface area contributed by atoms with Crippen molar-refractivity contribution < 1.29 is 19.1 Å². The molecule has 0 aliphatic rings. The van der Waals surface area contributed by atoms with Crippen LogP contribution in [0.1, 0.15) is 29.5 Å². The third-order valence-corrected chi connectivity index (χ3v) is 4.85. The first-order chi connectivity index (χ1) is 14.4. The number of fused-ring (bicyclic) bond motifs is 1. The molecule has 3 rings (SSSR count). The highest BCUT2D eigenvalue weighted by Crippen LogP contribution is 2.25. The molecule has 1 atom stereocenters. The van der Waals surface area contributed by atoms with Gasteiger partial charge >= 0.3 is 0 Å². The summed E-state index contributed by atoms with van der Waals surface area (Å²) in [5.41, 5.74) is 7.84. The van der Waals surface area contributed by atoms with Crippen molar-refractivity contribution in [2.24, 2.45) is 0 Å². The number of ether oxygens (including phenoxy) is 2. The molecule has 156 valence electrons. The highest BCUT2D eigenvalue weighted by Gasteiger charge is 2.16. The number of methoxy groups -OCH3 is 1. The van der Waals surface area contributed by atoms with Gasteiger partial charge in [0.25, 0.3) is 5.91 Å². The Morgan fingerprint density at radius 2 is 1.53 bits per heavy atom. The molecule has 3 aromatic rings. The Hall–Kier alpha value is -3.54. The molecule has 0 bridgehead atoms. The van der Waals surface area contributed by atoms with Crippen molar-refractivity contribution in [1.82, 2.24) is 10.9 Å². The molecule has 0 heterocycles. The van der Waals surface area contributed by atoms with Crippen molar-refractivity contribution in [3.8, 4) is 11.5 Å². The molecule has 0 saturated carbocycles. The molecular formula is C24H26N2O4. The van der Waals surface area contributed by atoms with E-state index in [4.69, 9.17) is 9.47 Å². The van der Waals surface area contributed by atoms with Crippen molar-refractivity contribution in [2.75, 3.05) is 13.7 Å². The molecule has 0 radical (unpaired) electrons. The molecular weight excluding hydrogens is 380 g/mol. The first-order valence-corrected chi connectivity index (χ1v) is 9.73. The predicted molar refractivity (Wildman–Crippen MR) is 117 cm³/mol. The minimum absolute atomic E-state index is 0.185. The van der Waals surface area contributed by atoms with E-state index in [1.165, 1.54) is 0 Å². The summed E-state index contributed by atoms with van der Waals surface area (Å²) in [7, 11) is 1.63. The normalized spacial score (nSPS) is 11.6. The van der Waals surface area contributed by atoms with Gasteiger partial charge in [-0.25, -0.2) is 0 Å². The fourth-order valence-corrected chi connectivity index (χ4v) is 3.23. The highest BCUT2D eigenvalue weighted by molar-refractivity contribution is 5.89. The van der Waals surface area contributed by atoms with Crippen LogP contribution in [0.2, 0.25) is 0 Å². The molecule has 30 heavy (non-hydrogen) atoms. The summed E-state index contributed by atoms with van der Waals surface area (Å²) >= 11 is 0. The van der Waals surface area contributed by atoms with Crippen LogP contribution in [-0.2, 0) is 9.59 Å². The van der Waals surface area contributed by atoms with E-state index in [-0.39, 0.29) is 12.5 Å². The molecule has 3 aromatic carbocycles. The van der Waals surface area contributed by atoms with Gasteiger partial charge in [0.1, 0.15) is 11.5 Å². The molecule has 0 saturated heterocycles. The third-order valence-electron chi connectivity index (χ3n) is 4.85. The van der Waals surface area contributed by atoms with Crippen LogP contribution in [0.4, 0.5) is 0 Å². The van der Waals surface area contributed by atoms with Crippen LogP contribution in [0.15, 0.2) is 54.6 Å². The smallest absolute Gasteiger partial charge is 0.276 e. The predicted octanol–water partition coefficient (Wildman–Crippen LogP) is 3.80. The first-order valence-electron chi connectivity index (χ1n) is 9.73. The molecule has 0 aliphatic carbocycles. The zero-order chi connectivity index (χ0) is 21.7. The van der Waals surface area contributed by atoms with Crippen molar-refractivity contribution in [2.45, 2.75) is 26.7 Å². The van der Waals surface area contributed by atoms with Gasteiger partial charge in [0.05, 0.1) is 13.0 Å². The lowest BCUT2D eigenvalue weighted by Crippen LogP contribution is -2.45. The Kier molecular flexibility index (Phi) is 6.57. The largest absolute Gasteiger partial charge is 0.497 e. The van der Waals surface area contributed by atoms with Gasteiger partial charge in [-0.05, 0) is 72.5 Å². The fourth-order valence-electron chi connectivity index (χ4n) is 3.23. The van der Waals surface area contributed by atoms with Crippen LogP contribution in [0.25, 0.3) is 10.8 Å². The Bertz CT molecular complexity index is 1060. The first kappa shape index (κ1) is 21.2. The third kappa shape index (κ3) is 5.29. The second kappa shape index (κ2) is 9.31. The monoisotopic (exact) mass is 406 g/mol. The van der Waals surface area contributed by atoms with Crippen LogP contribution in [0, 0.1) is 13.8 Å². The zero-order valence-corrected chi connectivity index (χ0v) is 17.6. The van der Waals surface area contributed by atoms with E-state index >= 15 is 0 Å². The Balaban J connectivity index is 1.54. The molecule has 2 N–H and O–H groups in total. The SMILES string of the molecule is COc1ccc2cc([C@H](C)C(=O)NNC(=O)COc3cc(C)cc(C)c3)ccc2c1. The van der Waals surface area contributed by atoms with Gasteiger partial charge in [-0.3, -0.25) is 20.4 Å². The summed E-state index contributed by atoms with van der Waals surface area (Å²) in [4.78, 5) is 24.5. The van der Waals surface area contributed by atoms with Crippen LogP contribution >= 0.6 is 0 Å². The number of carbonyl (C=O) groups is 2. The van der Waals surface area contributed by atoms with Gasteiger partial charge in [-0.2, -0.15) is 0 Å². The number of hydrazine groups is 1. The second-order valence-corrected chi connectivity index (χ2v) is 7.34. The van der Waals surface area contributed by atoms with E-state index in [1.54, 1.807) is 14.0 Å². The number of carbonyl (C=O) groups excluding carboxylic acids is 2. The number of hydrogen-bond acceptors (Lipinski definition) is 4.